The highest BCUT2D eigenvalue weighted by atomic mass is 35.5. The number of aryl methyl sites for hydroxylation is 1. The summed E-state index contributed by atoms with van der Waals surface area (Å²) in [6.45, 7) is 6.68. The third-order valence-corrected chi connectivity index (χ3v) is 4.93. The van der Waals surface area contributed by atoms with Crippen molar-refractivity contribution in [1.29, 1.82) is 0 Å². The molecular weight excluding hydrogens is 342 g/mol. The maximum Gasteiger partial charge on any atom is 0.329 e. The van der Waals surface area contributed by atoms with Gasteiger partial charge in [-0.25, -0.2) is 4.79 Å². The Morgan fingerprint density at radius 1 is 1.36 bits per heavy atom. The van der Waals surface area contributed by atoms with Gasteiger partial charge in [-0.2, -0.15) is 5.10 Å². The Labute approximate surface area is 153 Å². The minimum atomic E-state index is -1.15. The van der Waals surface area contributed by atoms with Crippen molar-refractivity contribution < 1.29 is 14.7 Å². The molecular formula is C18H26ClN3O3. The molecule has 6 nitrogen and oxygen atoms in total. The summed E-state index contributed by atoms with van der Waals surface area (Å²) in [5.74, 6) is -0.983. The van der Waals surface area contributed by atoms with Gasteiger partial charge in [0.05, 0.1) is 5.69 Å². The minimum absolute atomic E-state index is 0.402. The number of carbonyl (C=O) groups excluding carboxylic acids is 1. The van der Waals surface area contributed by atoms with Gasteiger partial charge in [0.25, 0.3) is 0 Å². The molecule has 1 saturated carbocycles. The predicted octanol–water partition coefficient (Wildman–Crippen LogP) is 3.42. The molecule has 25 heavy (non-hydrogen) atoms. The molecule has 7 heteroatoms. The van der Waals surface area contributed by atoms with Gasteiger partial charge in [0.1, 0.15) is 10.7 Å². The van der Waals surface area contributed by atoms with Gasteiger partial charge in [-0.3, -0.25) is 9.48 Å². The molecule has 1 amide bonds. The fourth-order valence-corrected chi connectivity index (χ4v) is 3.51. The Balaban J connectivity index is 2.12. The molecule has 0 saturated heterocycles. The molecule has 1 fully saturated rings. The summed E-state index contributed by atoms with van der Waals surface area (Å²) in [5.41, 5.74) is 0.270. The molecule has 0 bridgehead atoms. The SMILES string of the molecule is Cc1nn(CC(C)C)c(Cl)c1/C=C\C(=O)NC1(C(=O)O)CCCCC1. The van der Waals surface area contributed by atoms with Crippen LogP contribution in [0.2, 0.25) is 5.15 Å². The molecule has 0 unspecified atom stereocenters. The molecule has 1 aromatic rings. The summed E-state index contributed by atoms with van der Waals surface area (Å²) >= 11 is 6.35. The van der Waals surface area contributed by atoms with E-state index in [1.54, 1.807) is 10.8 Å². The maximum atomic E-state index is 12.3. The molecule has 138 valence electrons. The van der Waals surface area contributed by atoms with Crippen LogP contribution in [0, 0.1) is 12.8 Å². The lowest BCUT2D eigenvalue weighted by Gasteiger charge is -2.33. The maximum absolute atomic E-state index is 12.3. The topological polar surface area (TPSA) is 84.2 Å². The highest BCUT2D eigenvalue weighted by Gasteiger charge is 2.40. The lowest BCUT2D eigenvalue weighted by atomic mass is 9.81. The number of halogens is 1. The summed E-state index contributed by atoms with van der Waals surface area (Å²) in [5, 5.41) is 17.1. The van der Waals surface area contributed by atoms with E-state index < -0.39 is 17.4 Å². The summed E-state index contributed by atoms with van der Waals surface area (Å²) < 4.78 is 1.72. The van der Waals surface area contributed by atoms with Crippen LogP contribution in [0.5, 0.6) is 0 Å². The van der Waals surface area contributed by atoms with Gasteiger partial charge < -0.3 is 10.4 Å². The number of carboxylic acid groups (broad SMARTS) is 1. The van der Waals surface area contributed by atoms with Crippen LogP contribution in [0.4, 0.5) is 0 Å². The van der Waals surface area contributed by atoms with E-state index in [0.29, 0.717) is 36.0 Å². The number of nitrogens with zero attached hydrogens (tertiary/aromatic N) is 2. The van der Waals surface area contributed by atoms with E-state index in [2.05, 4.69) is 24.3 Å². The van der Waals surface area contributed by atoms with Crippen LogP contribution in [0.15, 0.2) is 6.08 Å². The van der Waals surface area contributed by atoms with Gasteiger partial charge in [0.15, 0.2) is 0 Å². The predicted molar refractivity (Wildman–Crippen MR) is 97.4 cm³/mol. The lowest BCUT2D eigenvalue weighted by Crippen LogP contribution is -2.55. The van der Waals surface area contributed by atoms with Crippen molar-refractivity contribution >= 4 is 29.6 Å². The van der Waals surface area contributed by atoms with Crippen molar-refractivity contribution in [3.8, 4) is 0 Å². The van der Waals surface area contributed by atoms with E-state index >= 15 is 0 Å². The zero-order valence-electron chi connectivity index (χ0n) is 15.0. The van der Waals surface area contributed by atoms with Crippen molar-refractivity contribution in [3.63, 3.8) is 0 Å². The fraction of sp³-hybridized carbons (Fsp3) is 0.611. The Morgan fingerprint density at radius 3 is 2.56 bits per heavy atom. The Morgan fingerprint density at radius 2 is 2.00 bits per heavy atom. The largest absolute Gasteiger partial charge is 0.480 e. The van der Waals surface area contributed by atoms with Gasteiger partial charge in [0.2, 0.25) is 5.91 Å². The highest BCUT2D eigenvalue weighted by Crippen LogP contribution is 2.28. The molecule has 1 aliphatic carbocycles. The summed E-state index contributed by atoms with van der Waals surface area (Å²) in [6.07, 6.45) is 6.50. The quantitative estimate of drug-likeness (QED) is 0.754. The molecule has 1 aliphatic rings. The smallest absolute Gasteiger partial charge is 0.329 e. The molecule has 0 radical (unpaired) electrons. The molecule has 1 aromatic heterocycles. The van der Waals surface area contributed by atoms with E-state index in [0.717, 1.165) is 25.0 Å². The third kappa shape index (κ3) is 4.63. The number of aliphatic carboxylic acids is 1. The Kier molecular flexibility index (Phi) is 6.27. The summed E-state index contributed by atoms with van der Waals surface area (Å²) in [4.78, 5) is 23.9. The number of amides is 1. The number of aromatic nitrogens is 2. The second kappa shape index (κ2) is 8.04. The molecule has 1 heterocycles. The summed E-state index contributed by atoms with van der Waals surface area (Å²) in [6, 6.07) is 0. The monoisotopic (exact) mass is 367 g/mol. The van der Waals surface area contributed by atoms with Gasteiger partial charge >= 0.3 is 5.97 Å². The molecule has 2 rings (SSSR count). The van der Waals surface area contributed by atoms with Crippen LogP contribution in [-0.4, -0.2) is 32.3 Å². The minimum Gasteiger partial charge on any atom is -0.480 e. The second-order valence-electron chi connectivity index (χ2n) is 7.14. The Bertz CT molecular complexity index is 673. The molecule has 0 aliphatic heterocycles. The second-order valence-corrected chi connectivity index (χ2v) is 7.49. The van der Waals surface area contributed by atoms with Crippen molar-refractivity contribution in [1.82, 2.24) is 15.1 Å². The first-order valence-corrected chi connectivity index (χ1v) is 9.09. The van der Waals surface area contributed by atoms with Gasteiger partial charge in [0, 0.05) is 18.2 Å². The van der Waals surface area contributed by atoms with Gasteiger partial charge in [-0.15, -0.1) is 0 Å². The summed E-state index contributed by atoms with van der Waals surface area (Å²) in [7, 11) is 0. The fourth-order valence-electron chi connectivity index (χ4n) is 3.21. The van der Waals surface area contributed by atoms with E-state index in [-0.39, 0.29) is 0 Å². The number of rotatable bonds is 6. The van der Waals surface area contributed by atoms with E-state index in [4.69, 9.17) is 11.6 Å². The first kappa shape index (κ1) is 19.5. The average molecular weight is 368 g/mol. The van der Waals surface area contributed by atoms with E-state index in [1.165, 1.54) is 6.08 Å². The standard InChI is InChI=1S/C18H26ClN3O3/c1-12(2)11-22-16(19)14(13(3)21-22)7-8-15(23)20-18(17(24)25)9-5-4-6-10-18/h7-8,12H,4-6,9-11H2,1-3H3,(H,20,23)(H,24,25)/b8-7-. The molecule has 0 spiro atoms. The normalized spacial score (nSPS) is 17.2. The van der Waals surface area contributed by atoms with Crippen LogP contribution in [0.1, 0.15) is 57.2 Å². The average Bonchev–Trinajstić information content (AvgIpc) is 2.79. The van der Waals surface area contributed by atoms with Crippen LogP contribution in [0.3, 0.4) is 0 Å². The van der Waals surface area contributed by atoms with Crippen molar-refractivity contribution in [3.05, 3.63) is 22.5 Å². The number of hydrogen-bond donors (Lipinski definition) is 2. The first-order valence-electron chi connectivity index (χ1n) is 8.72. The number of hydrogen-bond acceptors (Lipinski definition) is 3. The highest BCUT2D eigenvalue weighted by molar-refractivity contribution is 6.31. The van der Waals surface area contributed by atoms with Gasteiger partial charge in [-0.05, 0) is 31.8 Å². The number of nitrogens with one attached hydrogen (secondary N) is 1. The number of carboxylic acids is 1. The lowest BCUT2D eigenvalue weighted by molar-refractivity contribution is -0.148. The molecule has 0 aromatic carbocycles. The third-order valence-electron chi connectivity index (χ3n) is 4.53. The van der Waals surface area contributed by atoms with Crippen molar-refractivity contribution in [2.45, 2.75) is 65.0 Å². The zero-order valence-corrected chi connectivity index (χ0v) is 15.8. The van der Waals surface area contributed by atoms with Crippen LogP contribution in [0.25, 0.3) is 6.08 Å². The van der Waals surface area contributed by atoms with Crippen LogP contribution in [-0.2, 0) is 16.1 Å². The van der Waals surface area contributed by atoms with Crippen LogP contribution < -0.4 is 5.32 Å². The van der Waals surface area contributed by atoms with Gasteiger partial charge in [-0.1, -0.05) is 44.7 Å². The molecule has 2 N–H and O–H groups in total. The Hall–Kier alpha value is -1.82. The zero-order chi connectivity index (χ0) is 18.6. The van der Waals surface area contributed by atoms with E-state index in [1.807, 2.05) is 6.92 Å². The molecule has 0 atom stereocenters. The van der Waals surface area contributed by atoms with Crippen LogP contribution >= 0.6 is 11.6 Å². The first-order chi connectivity index (χ1) is 11.7. The number of carbonyl (C=O) groups is 2. The van der Waals surface area contributed by atoms with E-state index in [9.17, 15) is 14.7 Å². The van der Waals surface area contributed by atoms with Crippen molar-refractivity contribution in [2.75, 3.05) is 0 Å². The van der Waals surface area contributed by atoms with Crippen molar-refractivity contribution in [2.24, 2.45) is 5.92 Å².